The maximum Gasteiger partial charge on any atom is 0.270 e. The Balaban J connectivity index is 2.08. The van der Waals surface area contributed by atoms with Crippen LogP contribution in [0.25, 0.3) is 11.3 Å². The lowest BCUT2D eigenvalue weighted by Crippen LogP contribution is -2.00. The minimum Gasteiger partial charge on any atom is -0.274 e. The summed E-state index contributed by atoms with van der Waals surface area (Å²) in [5.74, 6) is 6.41. The second kappa shape index (κ2) is 9.13. The van der Waals surface area contributed by atoms with Crippen LogP contribution in [-0.2, 0) is 19.9 Å². The molecule has 3 aromatic rings. The molecule has 0 N–H and O–H groups in total. The van der Waals surface area contributed by atoms with Crippen molar-refractivity contribution in [2.45, 2.75) is 33.6 Å². The molecule has 0 spiro atoms. The summed E-state index contributed by atoms with van der Waals surface area (Å²) >= 11 is 12.6. The molecule has 0 amide bonds. The standard InChI is InChI=1S/C24H23Cl2N3O2/c1-24(2,3)13-12-17-15-28(4)27-23(17)20-14-18(29(30)31)10-8-16(20)9-11-19-21(25)6-5-7-22(19)26/h5-8,10,14-15H,9,11H2,1-4H3. The molecule has 0 saturated heterocycles. The summed E-state index contributed by atoms with van der Waals surface area (Å²) in [6.07, 6.45) is 3.03. The van der Waals surface area contributed by atoms with Crippen LogP contribution in [0.15, 0.2) is 42.6 Å². The zero-order valence-electron chi connectivity index (χ0n) is 17.9. The Hall–Kier alpha value is -2.81. The van der Waals surface area contributed by atoms with Crippen molar-refractivity contribution in [2.75, 3.05) is 0 Å². The monoisotopic (exact) mass is 455 g/mol. The van der Waals surface area contributed by atoms with Gasteiger partial charge < -0.3 is 0 Å². The van der Waals surface area contributed by atoms with Crippen molar-refractivity contribution in [1.82, 2.24) is 9.78 Å². The molecule has 3 rings (SSSR count). The lowest BCUT2D eigenvalue weighted by atomic mass is 9.94. The predicted molar refractivity (Wildman–Crippen MR) is 126 cm³/mol. The summed E-state index contributed by atoms with van der Waals surface area (Å²) in [5, 5.41) is 17.2. The fourth-order valence-corrected chi connectivity index (χ4v) is 3.77. The number of hydrogen-bond acceptors (Lipinski definition) is 3. The van der Waals surface area contributed by atoms with Gasteiger partial charge in [-0.05, 0) is 56.9 Å². The Morgan fingerprint density at radius 2 is 1.81 bits per heavy atom. The Labute approximate surface area is 192 Å². The van der Waals surface area contributed by atoms with Crippen LogP contribution in [0.2, 0.25) is 10.0 Å². The second-order valence-electron chi connectivity index (χ2n) is 8.36. The van der Waals surface area contributed by atoms with E-state index in [0.29, 0.717) is 34.1 Å². The van der Waals surface area contributed by atoms with Gasteiger partial charge in [-0.2, -0.15) is 5.10 Å². The van der Waals surface area contributed by atoms with Gasteiger partial charge in [0.25, 0.3) is 5.69 Å². The molecule has 7 heteroatoms. The fourth-order valence-electron chi connectivity index (χ4n) is 3.18. The highest BCUT2D eigenvalue weighted by molar-refractivity contribution is 6.36. The first-order valence-electron chi connectivity index (χ1n) is 9.82. The van der Waals surface area contributed by atoms with Gasteiger partial charge in [0, 0.05) is 46.4 Å². The summed E-state index contributed by atoms with van der Waals surface area (Å²) in [4.78, 5) is 11.0. The molecule has 0 aliphatic heterocycles. The SMILES string of the molecule is Cn1cc(C#CC(C)(C)C)c(-c2cc([N+](=O)[O-])ccc2CCc2c(Cl)cccc2Cl)n1. The summed E-state index contributed by atoms with van der Waals surface area (Å²) < 4.78 is 1.68. The summed E-state index contributed by atoms with van der Waals surface area (Å²) in [5.41, 5.74) is 3.65. The normalized spacial score (nSPS) is 11.2. The number of hydrogen-bond donors (Lipinski definition) is 0. The van der Waals surface area contributed by atoms with E-state index in [9.17, 15) is 10.1 Å². The molecule has 0 bridgehead atoms. The van der Waals surface area contributed by atoms with Crippen LogP contribution in [0.3, 0.4) is 0 Å². The van der Waals surface area contributed by atoms with E-state index < -0.39 is 4.92 Å². The first-order valence-corrected chi connectivity index (χ1v) is 10.6. The van der Waals surface area contributed by atoms with Crippen LogP contribution in [0.4, 0.5) is 5.69 Å². The van der Waals surface area contributed by atoms with E-state index in [0.717, 1.165) is 16.7 Å². The molecular weight excluding hydrogens is 433 g/mol. The van der Waals surface area contributed by atoms with Crippen LogP contribution < -0.4 is 0 Å². The molecule has 0 radical (unpaired) electrons. The molecular formula is C24H23Cl2N3O2. The largest absolute Gasteiger partial charge is 0.274 e. The quantitative estimate of drug-likeness (QED) is 0.251. The van der Waals surface area contributed by atoms with Crippen LogP contribution in [-0.4, -0.2) is 14.7 Å². The third-order valence-electron chi connectivity index (χ3n) is 4.67. The minimum atomic E-state index is -0.401. The molecule has 0 atom stereocenters. The van der Waals surface area contributed by atoms with Crippen LogP contribution in [0, 0.1) is 27.4 Å². The number of nitrogens with zero attached hydrogens (tertiary/aromatic N) is 3. The summed E-state index contributed by atoms with van der Waals surface area (Å²) in [7, 11) is 1.81. The van der Waals surface area contributed by atoms with Crippen molar-refractivity contribution in [3.05, 3.63) is 79.4 Å². The average Bonchev–Trinajstić information content (AvgIpc) is 3.06. The lowest BCUT2D eigenvalue weighted by molar-refractivity contribution is -0.384. The molecule has 0 aliphatic rings. The van der Waals surface area contributed by atoms with Gasteiger partial charge in [-0.1, -0.05) is 47.2 Å². The zero-order chi connectivity index (χ0) is 22.8. The van der Waals surface area contributed by atoms with Crippen LogP contribution in [0.1, 0.15) is 37.5 Å². The van der Waals surface area contributed by atoms with E-state index in [1.807, 2.05) is 34.0 Å². The van der Waals surface area contributed by atoms with Gasteiger partial charge >= 0.3 is 0 Å². The summed E-state index contributed by atoms with van der Waals surface area (Å²) in [6, 6.07) is 10.3. The number of benzene rings is 2. The van der Waals surface area contributed by atoms with Crippen molar-refractivity contribution in [3.63, 3.8) is 0 Å². The van der Waals surface area contributed by atoms with Crippen molar-refractivity contribution < 1.29 is 4.92 Å². The molecule has 2 aromatic carbocycles. The smallest absolute Gasteiger partial charge is 0.270 e. The highest BCUT2D eigenvalue weighted by Gasteiger charge is 2.18. The molecule has 31 heavy (non-hydrogen) atoms. The first kappa shape index (κ1) is 22.9. The Morgan fingerprint density at radius 3 is 2.42 bits per heavy atom. The van der Waals surface area contributed by atoms with Crippen molar-refractivity contribution in [3.8, 4) is 23.1 Å². The molecule has 1 aromatic heterocycles. The molecule has 5 nitrogen and oxygen atoms in total. The topological polar surface area (TPSA) is 61.0 Å². The van der Waals surface area contributed by atoms with E-state index in [4.69, 9.17) is 23.2 Å². The number of nitro benzene ring substituents is 1. The third kappa shape index (κ3) is 5.66. The molecule has 1 heterocycles. The highest BCUT2D eigenvalue weighted by Crippen LogP contribution is 2.32. The summed E-state index contributed by atoms with van der Waals surface area (Å²) in [6.45, 7) is 6.09. The Kier molecular flexibility index (Phi) is 6.74. The molecule has 0 fully saturated rings. The average molecular weight is 456 g/mol. The fraction of sp³-hybridized carbons (Fsp3) is 0.292. The Morgan fingerprint density at radius 1 is 1.13 bits per heavy atom. The van der Waals surface area contributed by atoms with E-state index in [2.05, 4.69) is 16.9 Å². The van der Waals surface area contributed by atoms with Gasteiger partial charge in [-0.3, -0.25) is 14.8 Å². The maximum absolute atomic E-state index is 11.4. The molecule has 0 saturated carbocycles. The van der Waals surface area contributed by atoms with Gasteiger partial charge in [0.2, 0.25) is 0 Å². The minimum absolute atomic E-state index is 0.00918. The number of aromatic nitrogens is 2. The lowest BCUT2D eigenvalue weighted by Gasteiger charge is -2.11. The van der Waals surface area contributed by atoms with Crippen molar-refractivity contribution in [1.29, 1.82) is 0 Å². The number of non-ortho nitro benzene ring substituents is 1. The van der Waals surface area contributed by atoms with Crippen molar-refractivity contribution >= 4 is 28.9 Å². The zero-order valence-corrected chi connectivity index (χ0v) is 19.4. The van der Waals surface area contributed by atoms with Crippen LogP contribution in [0.5, 0.6) is 0 Å². The van der Waals surface area contributed by atoms with E-state index in [1.54, 1.807) is 35.0 Å². The number of rotatable bonds is 5. The van der Waals surface area contributed by atoms with E-state index in [1.165, 1.54) is 6.07 Å². The Bertz CT molecular complexity index is 1180. The van der Waals surface area contributed by atoms with Crippen LogP contribution >= 0.6 is 23.2 Å². The molecule has 160 valence electrons. The van der Waals surface area contributed by atoms with Gasteiger partial charge in [0.1, 0.15) is 5.69 Å². The number of aryl methyl sites for hydroxylation is 2. The van der Waals surface area contributed by atoms with Crippen molar-refractivity contribution in [2.24, 2.45) is 12.5 Å². The maximum atomic E-state index is 11.4. The third-order valence-corrected chi connectivity index (χ3v) is 5.37. The van der Waals surface area contributed by atoms with Gasteiger partial charge in [-0.25, -0.2) is 0 Å². The number of nitro groups is 1. The molecule has 0 aliphatic carbocycles. The molecule has 0 unspecified atom stereocenters. The van der Waals surface area contributed by atoms with E-state index >= 15 is 0 Å². The second-order valence-corrected chi connectivity index (χ2v) is 9.18. The predicted octanol–water partition coefficient (Wildman–Crippen LogP) is 6.48. The van der Waals surface area contributed by atoms with Gasteiger partial charge in [-0.15, -0.1) is 0 Å². The van der Waals surface area contributed by atoms with Gasteiger partial charge in [0.15, 0.2) is 0 Å². The first-order chi connectivity index (χ1) is 14.5. The van der Waals surface area contributed by atoms with E-state index in [-0.39, 0.29) is 11.1 Å². The number of halogens is 2. The highest BCUT2D eigenvalue weighted by atomic mass is 35.5. The van der Waals surface area contributed by atoms with Gasteiger partial charge in [0.05, 0.1) is 10.5 Å².